The van der Waals surface area contributed by atoms with Crippen LogP contribution in [0.2, 0.25) is 0 Å². The lowest BCUT2D eigenvalue weighted by Crippen LogP contribution is -2.20. The monoisotopic (exact) mass is 341 g/mol. The molecule has 0 aromatic heterocycles. The van der Waals surface area contributed by atoms with Gasteiger partial charge in [0, 0.05) is 9.61 Å². The first-order valence-electron chi connectivity index (χ1n) is 6.42. The first kappa shape index (κ1) is 13.1. The van der Waals surface area contributed by atoms with E-state index in [9.17, 15) is 0 Å². The minimum absolute atomic E-state index is 0.453. The molecule has 0 saturated carbocycles. The van der Waals surface area contributed by atoms with Crippen LogP contribution in [0.15, 0.2) is 35.9 Å². The van der Waals surface area contributed by atoms with E-state index in [0.29, 0.717) is 6.04 Å². The maximum absolute atomic E-state index is 3.60. The third-order valence-corrected chi connectivity index (χ3v) is 4.12. The van der Waals surface area contributed by atoms with Crippen molar-refractivity contribution in [3.8, 4) is 0 Å². The minimum atomic E-state index is 0.453. The van der Waals surface area contributed by atoms with E-state index in [1.165, 1.54) is 34.8 Å². The zero-order valence-corrected chi connectivity index (χ0v) is 12.5. The molecule has 1 nitrogen and oxygen atoms in total. The van der Waals surface area contributed by atoms with E-state index in [4.69, 9.17) is 0 Å². The van der Waals surface area contributed by atoms with Gasteiger partial charge in [0.05, 0.1) is 0 Å². The van der Waals surface area contributed by atoms with Crippen LogP contribution in [0.3, 0.4) is 0 Å². The highest BCUT2D eigenvalue weighted by atomic mass is 127. The number of rotatable bonds is 5. The van der Waals surface area contributed by atoms with Crippen LogP contribution in [0.4, 0.5) is 0 Å². The van der Waals surface area contributed by atoms with Gasteiger partial charge in [-0.05, 0) is 79.4 Å². The van der Waals surface area contributed by atoms with Crippen molar-refractivity contribution < 1.29 is 0 Å². The zero-order chi connectivity index (χ0) is 12.1. The molecule has 2 rings (SSSR count). The molecule has 0 aliphatic heterocycles. The highest BCUT2D eigenvalue weighted by Crippen LogP contribution is 2.20. The Labute approximate surface area is 118 Å². The SMILES string of the molecule is CC(NCCC1=CCCC1)c1ccc(I)cc1. The Morgan fingerprint density at radius 1 is 1.29 bits per heavy atom. The Hall–Kier alpha value is -0.350. The van der Waals surface area contributed by atoms with Crippen molar-refractivity contribution in [3.05, 3.63) is 45.0 Å². The first-order chi connectivity index (χ1) is 8.25. The lowest BCUT2D eigenvalue weighted by atomic mass is 10.1. The topological polar surface area (TPSA) is 12.0 Å². The molecule has 92 valence electrons. The molecule has 17 heavy (non-hydrogen) atoms. The predicted molar refractivity (Wildman–Crippen MR) is 82.1 cm³/mol. The summed E-state index contributed by atoms with van der Waals surface area (Å²) in [6.45, 7) is 3.34. The summed E-state index contributed by atoms with van der Waals surface area (Å²) in [4.78, 5) is 0. The number of benzene rings is 1. The average Bonchev–Trinajstić information content (AvgIpc) is 2.83. The van der Waals surface area contributed by atoms with Gasteiger partial charge in [-0.1, -0.05) is 23.8 Å². The second-order valence-corrected chi connectivity index (χ2v) is 5.98. The second-order valence-electron chi connectivity index (χ2n) is 4.73. The van der Waals surface area contributed by atoms with Gasteiger partial charge < -0.3 is 5.32 Å². The van der Waals surface area contributed by atoms with Crippen molar-refractivity contribution in [2.75, 3.05) is 6.54 Å². The predicted octanol–water partition coefficient (Wildman–Crippen LogP) is 4.44. The van der Waals surface area contributed by atoms with Gasteiger partial charge in [-0.15, -0.1) is 0 Å². The van der Waals surface area contributed by atoms with Crippen molar-refractivity contribution in [3.63, 3.8) is 0 Å². The molecule has 0 heterocycles. The maximum atomic E-state index is 3.60. The number of hydrogen-bond donors (Lipinski definition) is 1. The fourth-order valence-electron chi connectivity index (χ4n) is 2.28. The van der Waals surface area contributed by atoms with Crippen LogP contribution >= 0.6 is 22.6 Å². The summed E-state index contributed by atoms with van der Waals surface area (Å²) in [5.74, 6) is 0. The van der Waals surface area contributed by atoms with Crippen molar-refractivity contribution >= 4 is 22.6 Å². The smallest absolute Gasteiger partial charge is 0.0291 e. The van der Waals surface area contributed by atoms with E-state index in [0.717, 1.165) is 6.54 Å². The number of halogens is 1. The molecule has 1 aliphatic rings. The quantitative estimate of drug-likeness (QED) is 0.617. The van der Waals surface area contributed by atoms with Gasteiger partial charge in [-0.2, -0.15) is 0 Å². The van der Waals surface area contributed by atoms with E-state index >= 15 is 0 Å². The summed E-state index contributed by atoms with van der Waals surface area (Å²) in [5, 5.41) is 3.60. The van der Waals surface area contributed by atoms with Crippen molar-refractivity contribution in [2.24, 2.45) is 0 Å². The van der Waals surface area contributed by atoms with E-state index in [2.05, 4.69) is 65.2 Å². The molecule has 2 heteroatoms. The van der Waals surface area contributed by atoms with Crippen LogP contribution in [0.5, 0.6) is 0 Å². The Morgan fingerprint density at radius 3 is 2.71 bits per heavy atom. The fraction of sp³-hybridized carbons (Fsp3) is 0.467. The summed E-state index contributed by atoms with van der Waals surface area (Å²) in [6.07, 6.45) is 7.61. The number of nitrogens with one attached hydrogen (secondary N) is 1. The summed E-state index contributed by atoms with van der Waals surface area (Å²) in [7, 11) is 0. The van der Waals surface area contributed by atoms with Crippen molar-refractivity contribution in [1.82, 2.24) is 5.32 Å². The third-order valence-electron chi connectivity index (χ3n) is 3.40. The normalized spacial score (nSPS) is 16.9. The molecule has 1 N–H and O–H groups in total. The van der Waals surface area contributed by atoms with E-state index in [-0.39, 0.29) is 0 Å². The molecule has 0 saturated heterocycles. The second kappa shape index (κ2) is 6.55. The van der Waals surface area contributed by atoms with E-state index in [1.807, 2.05) is 0 Å². The van der Waals surface area contributed by atoms with Gasteiger partial charge in [0.2, 0.25) is 0 Å². The highest BCUT2D eigenvalue weighted by molar-refractivity contribution is 14.1. The van der Waals surface area contributed by atoms with Gasteiger partial charge in [-0.25, -0.2) is 0 Å². The van der Waals surface area contributed by atoms with Crippen molar-refractivity contribution in [2.45, 2.75) is 38.6 Å². The van der Waals surface area contributed by atoms with Gasteiger partial charge in [-0.3, -0.25) is 0 Å². The van der Waals surface area contributed by atoms with Crippen LogP contribution in [-0.2, 0) is 0 Å². The van der Waals surface area contributed by atoms with Crippen molar-refractivity contribution in [1.29, 1.82) is 0 Å². The molecule has 1 atom stereocenters. The fourth-order valence-corrected chi connectivity index (χ4v) is 2.64. The summed E-state index contributed by atoms with van der Waals surface area (Å²) < 4.78 is 1.30. The summed E-state index contributed by atoms with van der Waals surface area (Å²) in [6, 6.07) is 9.23. The molecule has 0 amide bonds. The molecule has 1 aromatic carbocycles. The Balaban J connectivity index is 1.76. The summed E-state index contributed by atoms with van der Waals surface area (Å²) in [5.41, 5.74) is 3.03. The number of hydrogen-bond acceptors (Lipinski definition) is 1. The standard InChI is InChI=1S/C15H20IN/c1-12(14-6-8-15(16)9-7-14)17-11-10-13-4-2-3-5-13/h4,6-9,12,17H,2-3,5,10-11H2,1H3. The summed E-state index contributed by atoms with van der Waals surface area (Å²) >= 11 is 2.35. The van der Waals surface area contributed by atoms with Crippen LogP contribution < -0.4 is 5.32 Å². The molecule has 0 spiro atoms. The molecule has 1 aromatic rings. The maximum Gasteiger partial charge on any atom is 0.0291 e. The molecule has 1 aliphatic carbocycles. The molecule has 0 bridgehead atoms. The molecular weight excluding hydrogens is 321 g/mol. The van der Waals surface area contributed by atoms with Crippen LogP contribution in [0.25, 0.3) is 0 Å². The van der Waals surface area contributed by atoms with E-state index in [1.54, 1.807) is 5.57 Å². The lowest BCUT2D eigenvalue weighted by Gasteiger charge is -2.14. The van der Waals surface area contributed by atoms with Crippen LogP contribution in [0.1, 0.15) is 44.2 Å². The average molecular weight is 341 g/mol. The lowest BCUT2D eigenvalue weighted by molar-refractivity contribution is 0.573. The van der Waals surface area contributed by atoms with Gasteiger partial charge in [0.1, 0.15) is 0 Å². The van der Waals surface area contributed by atoms with E-state index < -0.39 is 0 Å². The van der Waals surface area contributed by atoms with Gasteiger partial charge in [0.15, 0.2) is 0 Å². The highest BCUT2D eigenvalue weighted by Gasteiger charge is 2.06. The Kier molecular flexibility index (Phi) is 5.04. The Morgan fingerprint density at radius 2 is 2.06 bits per heavy atom. The van der Waals surface area contributed by atoms with Crippen LogP contribution in [-0.4, -0.2) is 6.54 Å². The third kappa shape index (κ3) is 4.11. The molecular formula is C15H20IN. The largest absolute Gasteiger partial charge is 0.310 e. The molecule has 1 unspecified atom stereocenters. The first-order valence-corrected chi connectivity index (χ1v) is 7.50. The zero-order valence-electron chi connectivity index (χ0n) is 10.4. The molecule has 0 fully saturated rings. The van der Waals surface area contributed by atoms with Gasteiger partial charge >= 0.3 is 0 Å². The molecule has 0 radical (unpaired) electrons. The minimum Gasteiger partial charge on any atom is -0.310 e. The Bertz CT molecular complexity index is 380. The number of allylic oxidation sites excluding steroid dienone is 1. The van der Waals surface area contributed by atoms with Crippen LogP contribution in [0, 0.1) is 3.57 Å². The van der Waals surface area contributed by atoms with Gasteiger partial charge in [0.25, 0.3) is 0 Å².